The molecular formula is C11H27N3. The predicted octanol–water partition coefficient (Wildman–Crippen LogP) is 1.03. The third-order valence-electron chi connectivity index (χ3n) is 1.77. The first-order valence-corrected chi connectivity index (χ1v) is 5.35. The van der Waals surface area contributed by atoms with Crippen LogP contribution in [0, 0.1) is 5.41 Å². The Bertz CT molecular complexity index is 137. The highest BCUT2D eigenvalue weighted by Crippen LogP contribution is 2.16. The summed E-state index contributed by atoms with van der Waals surface area (Å²) in [6.45, 7) is 14.4. The summed E-state index contributed by atoms with van der Waals surface area (Å²) in [5.41, 5.74) is 11.8. The molecule has 4 N–H and O–H groups in total. The molecule has 0 atom stereocenters. The van der Waals surface area contributed by atoms with Crippen molar-refractivity contribution in [1.82, 2.24) is 4.90 Å². The normalized spacial score (nSPS) is 13.7. The van der Waals surface area contributed by atoms with E-state index in [2.05, 4.69) is 39.5 Å². The van der Waals surface area contributed by atoms with Crippen LogP contribution in [0.4, 0.5) is 0 Å². The van der Waals surface area contributed by atoms with Crippen molar-refractivity contribution >= 4 is 0 Å². The Morgan fingerprint density at radius 2 is 1.50 bits per heavy atom. The molecular weight excluding hydrogens is 174 g/mol. The van der Waals surface area contributed by atoms with Gasteiger partial charge in [0.05, 0.1) is 0 Å². The van der Waals surface area contributed by atoms with Crippen molar-refractivity contribution in [3.8, 4) is 0 Å². The van der Waals surface area contributed by atoms with E-state index < -0.39 is 0 Å². The summed E-state index contributed by atoms with van der Waals surface area (Å²) in [6.07, 6.45) is 0. The standard InChI is InChI=1S/C11H27N3/c1-10(2,3)8-14(7-6-12)9-11(4,5)13/h6-9,12-13H2,1-5H3. The van der Waals surface area contributed by atoms with Crippen molar-refractivity contribution < 1.29 is 0 Å². The number of hydrogen-bond acceptors (Lipinski definition) is 3. The van der Waals surface area contributed by atoms with Crippen molar-refractivity contribution in [3.05, 3.63) is 0 Å². The molecule has 0 amide bonds. The van der Waals surface area contributed by atoms with Crippen LogP contribution in [0.1, 0.15) is 34.6 Å². The molecule has 0 aliphatic carbocycles. The Morgan fingerprint density at radius 3 is 1.79 bits per heavy atom. The minimum absolute atomic E-state index is 0.138. The van der Waals surface area contributed by atoms with E-state index in [1.54, 1.807) is 0 Å². The lowest BCUT2D eigenvalue weighted by atomic mass is 9.95. The molecule has 0 saturated carbocycles. The lowest BCUT2D eigenvalue weighted by Crippen LogP contribution is -2.48. The minimum atomic E-state index is -0.138. The van der Waals surface area contributed by atoms with Gasteiger partial charge in [-0.1, -0.05) is 20.8 Å². The van der Waals surface area contributed by atoms with Crippen LogP contribution in [0.2, 0.25) is 0 Å². The lowest BCUT2D eigenvalue weighted by Gasteiger charge is -2.34. The van der Waals surface area contributed by atoms with Crippen LogP contribution in [-0.4, -0.2) is 36.6 Å². The molecule has 0 spiro atoms. The van der Waals surface area contributed by atoms with Gasteiger partial charge in [0.1, 0.15) is 0 Å². The van der Waals surface area contributed by atoms with Gasteiger partial charge in [-0.15, -0.1) is 0 Å². The fourth-order valence-corrected chi connectivity index (χ4v) is 1.64. The van der Waals surface area contributed by atoms with Gasteiger partial charge in [-0.2, -0.15) is 0 Å². The number of nitrogens with two attached hydrogens (primary N) is 2. The van der Waals surface area contributed by atoms with E-state index in [1.165, 1.54) is 0 Å². The van der Waals surface area contributed by atoms with Gasteiger partial charge < -0.3 is 11.5 Å². The highest BCUT2D eigenvalue weighted by molar-refractivity contribution is 4.80. The van der Waals surface area contributed by atoms with Crippen LogP contribution in [-0.2, 0) is 0 Å². The summed E-state index contributed by atoms with van der Waals surface area (Å²) in [7, 11) is 0. The highest BCUT2D eigenvalue weighted by Gasteiger charge is 2.21. The predicted molar refractivity (Wildman–Crippen MR) is 63.2 cm³/mol. The van der Waals surface area contributed by atoms with E-state index in [-0.39, 0.29) is 5.54 Å². The van der Waals surface area contributed by atoms with Crippen LogP contribution in [0.25, 0.3) is 0 Å². The van der Waals surface area contributed by atoms with Crippen LogP contribution >= 0.6 is 0 Å². The van der Waals surface area contributed by atoms with Crippen molar-refractivity contribution in [1.29, 1.82) is 0 Å². The first-order chi connectivity index (χ1) is 6.14. The molecule has 14 heavy (non-hydrogen) atoms. The van der Waals surface area contributed by atoms with Crippen LogP contribution in [0.15, 0.2) is 0 Å². The summed E-state index contributed by atoms with van der Waals surface area (Å²) in [4.78, 5) is 2.35. The fourth-order valence-electron chi connectivity index (χ4n) is 1.64. The summed E-state index contributed by atoms with van der Waals surface area (Å²) < 4.78 is 0. The molecule has 0 heterocycles. The Kier molecular flexibility index (Phi) is 5.06. The van der Waals surface area contributed by atoms with E-state index in [1.807, 2.05) is 0 Å². The minimum Gasteiger partial charge on any atom is -0.329 e. The lowest BCUT2D eigenvalue weighted by molar-refractivity contribution is 0.167. The van der Waals surface area contributed by atoms with Gasteiger partial charge in [-0.3, -0.25) is 4.90 Å². The van der Waals surface area contributed by atoms with Gasteiger partial charge >= 0.3 is 0 Å². The number of hydrogen-bond donors (Lipinski definition) is 2. The quantitative estimate of drug-likeness (QED) is 0.698. The van der Waals surface area contributed by atoms with Crippen molar-refractivity contribution in [2.45, 2.75) is 40.2 Å². The Morgan fingerprint density at radius 1 is 1.00 bits per heavy atom. The van der Waals surface area contributed by atoms with Gasteiger partial charge in [0.15, 0.2) is 0 Å². The van der Waals surface area contributed by atoms with Gasteiger partial charge in [0.25, 0.3) is 0 Å². The maximum Gasteiger partial charge on any atom is 0.0226 e. The van der Waals surface area contributed by atoms with Crippen LogP contribution in [0.5, 0.6) is 0 Å². The zero-order valence-corrected chi connectivity index (χ0v) is 10.4. The molecule has 0 rings (SSSR count). The smallest absolute Gasteiger partial charge is 0.0226 e. The maximum atomic E-state index is 6.00. The zero-order valence-electron chi connectivity index (χ0n) is 10.4. The van der Waals surface area contributed by atoms with E-state index in [0.717, 1.165) is 19.6 Å². The molecule has 3 heteroatoms. The topological polar surface area (TPSA) is 55.3 Å². The number of rotatable bonds is 5. The van der Waals surface area contributed by atoms with E-state index in [9.17, 15) is 0 Å². The van der Waals surface area contributed by atoms with Crippen molar-refractivity contribution in [2.75, 3.05) is 26.2 Å². The maximum absolute atomic E-state index is 6.00. The molecule has 0 fully saturated rings. The molecule has 0 aromatic heterocycles. The third kappa shape index (κ3) is 8.48. The monoisotopic (exact) mass is 201 g/mol. The molecule has 0 radical (unpaired) electrons. The fraction of sp³-hybridized carbons (Fsp3) is 1.00. The Balaban J connectivity index is 4.16. The molecule has 0 aromatic rings. The SMILES string of the molecule is CC(C)(C)CN(CCN)CC(C)(C)N. The molecule has 0 saturated heterocycles. The van der Waals surface area contributed by atoms with Crippen LogP contribution in [0.3, 0.4) is 0 Å². The summed E-state index contributed by atoms with van der Waals surface area (Å²) in [5.74, 6) is 0. The molecule has 0 aliphatic heterocycles. The third-order valence-corrected chi connectivity index (χ3v) is 1.77. The summed E-state index contributed by atoms with van der Waals surface area (Å²) in [6, 6.07) is 0. The van der Waals surface area contributed by atoms with Gasteiger partial charge in [-0.25, -0.2) is 0 Å². The van der Waals surface area contributed by atoms with Crippen molar-refractivity contribution in [2.24, 2.45) is 16.9 Å². The van der Waals surface area contributed by atoms with E-state index >= 15 is 0 Å². The highest BCUT2D eigenvalue weighted by atomic mass is 15.2. The van der Waals surface area contributed by atoms with Gasteiger partial charge in [-0.05, 0) is 19.3 Å². The molecule has 3 nitrogen and oxygen atoms in total. The first-order valence-electron chi connectivity index (χ1n) is 5.35. The average molecular weight is 201 g/mol. The average Bonchev–Trinajstić information content (AvgIpc) is 1.78. The van der Waals surface area contributed by atoms with Gasteiger partial charge in [0.2, 0.25) is 0 Å². The van der Waals surface area contributed by atoms with E-state index in [4.69, 9.17) is 11.5 Å². The summed E-state index contributed by atoms with van der Waals surface area (Å²) >= 11 is 0. The molecule has 0 aliphatic rings. The van der Waals surface area contributed by atoms with Crippen LogP contribution < -0.4 is 11.5 Å². The molecule has 0 aromatic carbocycles. The second-order valence-corrected chi connectivity index (χ2v) is 6.05. The second kappa shape index (κ2) is 5.10. The largest absolute Gasteiger partial charge is 0.329 e. The second-order valence-electron chi connectivity index (χ2n) is 6.05. The summed E-state index contributed by atoms with van der Waals surface area (Å²) in [5, 5.41) is 0. The number of nitrogens with zero attached hydrogens (tertiary/aromatic N) is 1. The zero-order chi connectivity index (χ0) is 11.4. The molecule has 86 valence electrons. The molecule has 0 unspecified atom stereocenters. The van der Waals surface area contributed by atoms with E-state index in [0.29, 0.717) is 12.0 Å². The van der Waals surface area contributed by atoms with Crippen molar-refractivity contribution in [3.63, 3.8) is 0 Å². The molecule has 0 bridgehead atoms. The van der Waals surface area contributed by atoms with Gasteiger partial charge in [0, 0.05) is 31.7 Å². The Hall–Kier alpha value is -0.120. The Labute approximate surface area is 88.8 Å². The first kappa shape index (κ1) is 13.9.